The fourth-order valence-electron chi connectivity index (χ4n) is 2.38. The molecule has 0 radical (unpaired) electrons. The maximum Gasteiger partial charge on any atom is 0.0346 e. The molecule has 2 heteroatoms. The number of pyridine rings is 1. The zero-order chi connectivity index (χ0) is 11.5. The van der Waals surface area contributed by atoms with Gasteiger partial charge in [0.25, 0.3) is 0 Å². The van der Waals surface area contributed by atoms with Crippen molar-refractivity contribution in [1.82, 2.24) is 10.3 Å². The zero-order valence-electron chi connectivity index (χ0n) is 9.76. The summed E-state index contributed by atoms with van der Waals surface area (Å²) in [6.45, 7) is 0.938. The monoisotopic (exact) mass is 224 g/mol. The molecule has 3 rings (SSSR count). The van der Waals surface area contributed by atoms with Gasteiger partial charge < -0.3 is 5.32 Å². The van der Waals surface area contributed by atoms with E-state index in [1.807, 2.05) is 12.4 Å². The van der Waals surface area contributed by atoms with Crippen molar-refractivity contribution in [3.8, 4) is 0 Å². The average Bonchev–Trinajstić information content (AvgIpc) is 2.89. The summed E-state index contributed by atoms with van der Waals surface area (Å²) < 4.78 is 0. The molecular weight excluding hydrogens is 208 g/mol. The fraction of sp³-hybridized carbons (Fsp3) is 0.267. The summed E-state index contributed by atoms with van der Waals surface area (Å²) in [5, 5.41) is 6.13. The van der Waals surface area contributed by atoms with Crippen LogP contribution in [0, 0.1) is 0 Å². The molecule has 0 aliphatic heterocycles. The molecule has 17 heavy (non-hydrogen) atoms. The van der Waals surface area contributed by atoms with E-state index in [9.17, 15) is 0 Å². The summed E-state index contributed by atoms with van der Waals surface area (Å²) in [5.74, 6) is 0. The molecule has 1 aliphatic rings. The first kappa shape index (κ1) is 10.5. The molecule has 0 amide bonds. The van der Waals surface area contributed by atoms with E-state index < -0.39 is 0 Å². The molecule has 1 aliphatic carbocycles. The minimum atomic E-state index is 0.618. The first-order valence-corrected chi connectivity index (χ1v) is 6.13. The van der Waals surface area contributed by atoms with Gasteiger partial charge in [-0.15, -0.1) is 0 Å². The number of benzene rings is 1. The first-order valence-electron chi connectivity index (χ1n) is 6.13. The van der Waals surface area contributed by atoms with Gasteiger partial charge in [-0.3, -0.25) is 4.98 Å². The standard InChI is InChI=1S/C15H16N2/c1-2-7-14(6-1)17-11-13-5-3-4-12-10-16-9-8-15(12)13/h1-5,8-10,14,17H,6-7,11H2. The van der Waals surface area contributed by atoms with Gasteiger partial charge in [0.2, 0.25) is 0 Å². The number of rotatable bonds is 3. The van der Waals surface area contributed by atoms with Crippen molar-refractivity contribution in [2.45, 2.75) is 25.4 Å². The largest absolute Gasteiger partial charge is 0.309 e. The SMILES string of the molecule is C1=CCC(NCc2cccc3cnccc23)C1. The van der Waals surface area contributed by atoms with Crippen molar-refractivity contribution >= 4 is 10.8 Å². The highest BCUT2D eigenvalue weighted by Crippen LogP contribution is 2.18. The number of nitrogens with one attached hydrogen (secondary N) is 1. The number of hydrogen-bond acceptors (Lipinski definition) is 2. The van der Waals surface area contributed by atoms with E-state index in [-0.39, 0.29) is 0 Å². The maximum atomic E-state index is 4.16. The smallest absolute Gasteiger partial charge is 0.0346 e. The lowest BCUT2D eigenvalue weighted by molar-refractivity contribution is 0.540. The maximum absolute atomic E-state index is 4.16. The molecule has 0 fully saturated rings. The zero-order valence-corrected chi connectivity index (χ0v) is 9.76. The van der Waals surface area contributed by atoms with E-state index >= 15 is 0 Å². The molecule has 0 unspecified atom stereocenters. The molecule has 0 saturated carbocycles. The molecule has 1 N–H and O–H groups in total. The lowest BCUT2D eigenvalue weighted by Crippen LogP contribution is -2.25. The van der Waals surface area contributed by atoms with Gasteiger partial charge in [0.1, 0.15) is 0 Å². The van der Waals surface area contributed by atoms with Gasteiger partial charge in [-0.05, 0) is 29.9 Å². The Morgan fingerprint density at radius 1 is 1.18 bits per heavy atom. The second kappa shape index (κ2) is 4.68. The van der Waals surface area contributed by atoms with Crippen molar-refractivity contribution in [1.29, 1.82) is 0 Å². The van der Waals surface area contributed by atoms with E-state index in [4.69, 9.17) is 0 Å². The highest BCUT2D eigenvalue weighted by molar-refractivity contribution is 5.84. The Morgan fingerprint density at radius 2 is 2.06 bits per heavy atom. The van der Waals surface area contributed by atoms with E-state index in [1.165, 1.54) is 16.3 Å². The van der Waals surface area contributed by atoms with Gasteiger partial charge in [0.15, 0.2) is 0 Å². The van der Waals surface area contributed by atoms with Crippen molar-refractivity contribution in [2.24, 2.45) is 0 Å². The minimum absolute atomic E-state index is 0.618. The lowest BCUT2D eigenvalue weighted by Gasteiger charge is -2.13. The summed E-state index contributed by atoms with van der Waals surface area (Å²) in [7, 11) is 0. The van der Waals surface area contributed by atoms with Gasteiger partial charge in [-0.2, -0.15) is 0 Å². The second-order valence-electron chi connectivity index (χ2n) is 4.53. The molecule has 0 bridgehead atoms. The quantitative estimate of drug-likeness (QED) is 0.810. The van der Waals surface area contributed by atoms with Gasteiger partial charge in [0, 0.05) is 30.4 Å². The van der Waals surface area contributed by atoms with Crippen LogP contribution in [0.4, 0.5) is 0 Å². The molecular formula is C15H16N2. The van der Waals surface area contributed by atoms with Gasteiger partial charge >= 0.3 is 0 Å². The third-order valence-electron chi connectivity index (χ3n) is 3.36. The fourth-order valence-corrected chi connectivity index (χ4v) is 2.38. The van der Waals surface area contributed by atoms with Crippen LogP contribution in [-0.2, 0) is 6.54 Å². The van der Waals surface area contributed by atoms with Crippen LogP contribution in [0.25, 0.3) is 10.8 Å². The van der Waals surface area contributed by atoms with Crippen LogP contribution in [0.2, 0.25) is 0 Å². The van der Waals surface area contributed by atoms with Crippen LogP contribution in [0.3, 0.4) is 0 Å². The molecule has 86 valence electrons. The summed E-state index contributed by atoms with van der Waals surface area (Å²) >= 11 is 0. The molecule has 2 aromatic rings. The van der Waals surface area contributed by atoms with Crippen molar-refractivity contribution in [3.63, 3.8) is 0 Å². The van der Waals surface area contributed by atoms with Gasteiger partial charge in [-0.25, -0.2) is 0 Å². The Balaban J connectivity index is 1.80. The lowest BCUT2D eigenvalue weighted by atomic mass is 10.1. The molecule has 0 spiro atoms. The average molecular weight is 224 g/mol. The highest BCUT2D eigenvalue weighted by atomic mass is 14.9. The Hall–Kier alpha value is -1.67. The third kappa shape index (κ3) is 2.22. The van der Waals surface area contributed by atoms with Crippen LogP contribution < -0.4 is 5.32 Å². The number of aromatic nitrogens is 1. The minimum Gasteiger partial charge on any atom is -0.309 e. The number of hydrogen-bond donors (Lipinski definition) is 1. The van der Waals surface area contributed by atoms with Crippen molar-refractivity contribution in [3.05, 3.63) is 54.4 Å². The number of nitrogens with zero attached hydrogens (tertiary/aromatic N) is 1. The van der Waals surface area contributed by atoms with E-state index in [0.717, 1.165) is 19.4 Å². The first-order chi connectivity index (χ1) is 8.43. The molecule has 1 aromatic carbocycles. The van der Waals surface area contributed by atoms with Gasteiger partial charge in [-0.1, -0.05) is 30.4 Å². The Labute approximate surface area is 101 Å². The van der Waals surface area contributed by atoms with Crippen LogP contribution in [-0.4, -0.2) is 11.0 Å². The third-order valence-corrected chi connectivity index (χ3v) is 3.36. The second-order valence-corrected chi connectivity index (χ2v) is 4.53. The molecule has 0 saturated heterocycles. The topological polar surface area (TPSA) is 24.9 Å². The summed E-state index contributed by atoms with van der Waals surface area (Å²) in [4.78, 5) is 4.16. The highest BCUT2D eigenvalue weighted by Gasteiger charge is 2.09. The number of fused-ring (bicyclic) bond motifs is 1. The molecule has 1 aromatic heterocycles. The van der Waals surface area contributed by atoms with Crippen molar-refractivity contribution in [2.75, 3.05) is 0 Å². The summed E-state index contributed by atoms with van der Waals surface area (Å²) in [6, 6.07) is 9.13. The van der Waals surface area contributed by atoms with Crippen LogP contribution in [0.5, 0.6) is 0 Å². The molecule has 0 atom stereocenters. The van der Waals surface area contributed by atoms with Gasteiger partial charge in [0.05, 0.1) is 0 Å². The Bertz CT molecular complexity index is 532. The Morgan fingerprint density at radius 3 is 2.94 bits per heavy atom. The predicted octanol–water partition coefficient (Wildman–Crippen LogP) is 3.04. The normalized spacial score (nSPS) is 15.8. The summed E-state index contributed by atoms with van der Waals surface area (Å²) in [6.07, 6.45) is 10.6. The molecule has 2 nitrogen and oxygen atoms in total. The van der Waals surface area contributed by atoms with Crippen LogP contribution in [0.15, 0.2) is 48.8 Å². The Kier molecular flexibility index (Phi) is 2.88. The molecule has 1 heterocycles. The van der Waals surface area contributed by atoms with E-state index in [1.54, 1.807) is 0 Å². The van der Waals surface area contributed by atoms with Crippen LogP contribution in [0.1, 0.15) is 18.4 Å². The van der Waals surface area contributed by atoms with Crippen LogP contribution >= 0.6 is 0 Å². The van der Waals surface area contributed by atoms with Crippen molar-refractivity contribution < 1.29 is 0 Å². The van der Waals surface area contributed by atoms with E-state index in [2.05, 4.69) is 46.7 Å². The summed E-state index contributed by atoms with van der Waals surface area (Å²) in [5.41, 5.74) is 1.36. The van der Waals surface area contributed by atoms with E-state index in [0.29, 0.717) is 6.04 Å². The predicted molar refractivity (Wildman–Crippen MR) is 70.7 cm³/mol.